The lowest BCUT2D eigenvalue weighted by Crippen LogP contribution is -2.27. The number of hydrogen-bond acceptors (Lipinski definition) is 3. The van der Waals surface area contributed by atoms with Gasteiger partial charge in [0, 0.05) is 31.7 Å². The molecule has 0 radical (unpaired) electrons. The Kier molecular flexibility index (Phi) is 3.09. The highest BCUT2D eigenvalue weighted by Crippen LogP contribution is 2.56. The molecule has 2 aliphatic rings. The molecule has 7 heteroatoms. The Bertz CT molecular complexity index is 539. The van der Waals surface area contributed by atoms with Crippen molar-refractivity contribution in [2.45, 2.75) is 0 Å². The molecule has 1 amide bonds. The molecule has 2 saturated heterocycles. The first-order valence-electron chi connectivity index (χ1n) is 6.21. The Morgan fingerprint density at radius 1 is 1.26 bits per heavy atom. The van der Waals surface area contributed by atoms with Crippen LogP contribution in [0.15, 0.2) is 24.3 Å². The van der Waals surface area contributed by atoms with Crippen LogP contribution in [0.5, 0.6) is 5.75 Å². The molecule has 1 N–H and O–H groups in total. The Morgan fingerprint density at radius 3 is 2.42 bits per heavy atom. The first-order valence-corrected chi connectivity index (χ1v) is 7.82. The molecular weight excluding hydrogens is 265 g/mol. The van der Waals surface area contributed by atoms with Gasteiger partial charge in [0.1, 0.15) is 5.75 Å². The Hall–Kier alpha value is -1.36. The number of carbonyl (C=O) groups excluding carboxylic acids is 1. The van der Waals surface area contributed by atoms with Crippen molar-refractivity contribution in [3.05, 3.63) is 29.8 Å². The lowest BCUT2D eigenvalue weighted by molar-refractivity contribution is 0.0977. The molecule has 19 heavy (non-hydrogen) atoms. The van der Waals surface area contributed by atoms with Crippen LogP contribution in [0.25, 0.3) is 0 Å². The zero-order chi connectivity index (χ0) is 13.5. The molecule has 2 heterocycles. The molecule has 0 saturated carbocycles. The second kappa shape index (κ2) is 4.63. The van der Waals surface area contributed by atoms with E-state index >= 15 is 0 Å². The summed E-state index contributed by atoms with van der Waals surface area (Å²) < 4.78 is 21.5. The quantitative estimate of drug-likeness (QED) is 0.648. The molecule has 0 atom stereocenters. The third-order valence-corrected chi connectivity index (χ3v) is 6.02. The fourth-order valence-electron chi connectivity index (χ4n) is 1.91. The van der Waals surface area contributed by atoms with Crippen molar-refractivity contribution in [1.29, 1.82) is 0 Å². The average Bonchev–Trinajstić information content (AvgIpc) is 3.30. The van der Waals surface area contributed by atoms with Gasteiger partial charge in [-0.2, -0.15) is 0 Å². The van der Waals surface area contributed by atoms with Gasteiger partial charge in [-0.3, -0.25) is 14.4 Å². The molecule has 1 aromatic rings. The molecule has 1 aromatic carbocycles. The fourth-order valence-corrected chi connectivity index (χ4v) is 4.21. The summed E-state index contributed by atoms with van der Waals surface area (Å²) >= 11 is 0. The number of ether oxygens (including phenoxy) is 1. The molecule has 0 aliphatic carbocycles. The zero-order valence-corrected chi connectivity index (χ0v) is 11.6. The summed E-state index contributed by atoms with van der Waals surface area (Å²) in [4.78, 5) is 12.2. The minimum atomic E-state index is -2.86. The fraction of sp³-hybridized carbons (Fsp3) is 0.417. The first kappa shape index (κ1) is 12.7. The molecule has 2 aliphatic heterocycles. The van der Waals surface area contributed by atoms with Gasteiger partial charge in [-0.25, -0.2) is 9.34 Å². The van der Waals surface area contributed by atoms with E-state index in [9.17, 15) is 9.36 Å². The van der Waals surface area contributed by atoms with Gasteiger partial charge in [-0.15, -0.1) is 0 Å². The normalized spacial score (nSPS) is 19.0. The molecule has 0 unspecified atom stereocenters. The summed E-state index contributed by atoms with van der Waals surface area (Å²) in [6.45, 7) is 3.14. The van der Waals surface area contributed by atoms with Gasteiger partial charge < -0.3 is 4.74 Å². The zero-order valence-electron chi connectivity index (χ0n) is 10.7. The highest BCUT2D eigenvalue weighted by atomic mass is 31.2. The number of benzene rings is 1. The number of nitrogens with one attached hydrogen (secondary N) is 1. The third-order valence-electron chi connectivity index (χ3n) is 3.19. The number of carbonyl (C=O) groups is 1. The molecule has 0 spiro atoms. The highest BCUT2D eigenvalue weighted by molar-refractivity contribution is 7.58. The van der Waals surface area contributed by atoms with E-state index in [1.807, 2.05) is 9.34 Å². The van der Waals surface area contributed by atoms with Crippen LogP contribution in [-0.4, -0.2) is 48.5 Å². The molecule has 3 rings (SSSR count). The van der Waals surface area contributed by atoms with Crippen LogP contribution in [0.3, 0.4) is 0 Å². The van der Waals surface area contributed by atoms with Gasteiger partial charge in [0.05, 0.1) is 7.11 Å². The Labute approximate surface area is 111 Å². The standard InChI is InChI=1S/C12H16N3O3P/c1-18-11-4-2-3-10(9-11)12(16)13-19(17,14-5-6-14)15-7-8-15/h2-4,9H,5-8H2,1H3,(H,13,16,17). The smallest absolute Gasteiger partial charge is 0.311 e. The van der Waals surface area contributed by atoms with Crippen LogP contribution >= 0.6 is 7.59 Å². The summed E-state index contributed by atoms with van der Waals surface area (Å²) in [7, 11) is -1.31. The maximum Gasteiger partial charge on any atom is 0.311 e. The van der Waals surface area contributed by atoms with E-state index < -0.39 is 7.59 Å². The number of rotatable bonds is 5. The van der Waals surface area contributed by atoms with Crippen LogP contribution in [-0.2, 0) is 4.57 Å². The van der Waals surface area contributed by atoms with Crippen molar-refractivity contribution in [1.82, 2.24) is 14.4 Å². The van der Waals surface area contributed by atoms with Gasteiger partial charge in [0.2, 0.25) is 0 Å². The van der Waals surface area contributed by atoms with E-state index in [0.717, 1.165) is 26.2 Å². The van der Waals surface area contributed by atoms with E-state index in [1.165, 1.54) is 0 Å². The number of methoxy groups -OCH3 is 1. The molecule has 0 aromatic heterocycles. The lowest BCUT2D eigenvalue weighted by Gasteiger charge is -2.20. The van der Waals surface area contributed by atoms with Crippen molar-refractivity contribution < 1.29 is 14.1 Å². The van der Waals surface area contributed by atoms with E-state index in [4.69, 9.17) is 4.74 Å². The molecular formula is C12H16N3O3P. The molecule has 0 bridgehead atoms. The summed E-state index contributed by atoms with van der Waals surface area (Å²) in [5.74, 6) is 0.293. The van der Waals surface area contributed by atoms with Crippen LogP contribution in [0.4, 0.5) is 0 Å². The van der Waals surface area contributed by atoms with Crippen molar-refractivity contribution in [2.24, 2.45) is 0 Å². The van der Waals surface area contributed by atoms with Crippen molar-refractivity contribution in [3.63, 3.8) is 0 Å². The predicted molar refractivity (Wildman–Crippen MR) is 71.2 cm³/mol. The minimum Gasteiger partial charge on any atom is -0.497 e. The predicted octanol–water partition coefficient (Wildman–Crippen LogP) is 1.16. The largest absolute Gasteiger partial charge is 0.497 e. The average molecular weight is 281 g/mol. The monoisotopic (exact) mass is 281 g/mol. The summed E-state index contributed by atoms with van der Waals surface area (Å²) in [5, 5.41) is 2.70. The SMILES string of the molecule is COc1cccc(C(=O)NP(=O)(N2CC2)N2CC2)c1. The van der Waals surface area contributed by atoms with Crippen molar-refractivity contribution >= 4 is 13.5 Å². The van der Waals surface area contributed by atoms with Crippen LogP contribution < -0.4 is 9.82 Å². The minimum absolute atomic E-state index is 0.318. The maximum atomic E-state index is 12.8. The van der Waals surface area contributed by atoms with Crippen LogP contribution in [0.2, 0.25) is 0 Å². The van der Waals surface area contributed by atoms with Gasteiger partial charge in [0.15, 0.2) is 0 Å². The number of hydrogen-bond donors (Lipinski definition) is 1. The second-order valence-electron chi connectivity index (χ2n) is 4.62. The molecule has 6 nitrogen and oxygen atoms in total. The molecule has 2 fully saturated rings. The van der Waals surface area contributed by atoms with Gasteiger partial charge >= 0.3 is 7.59 Å². The third kappa shape index (κ3) is 2.52. The van der Waals surface area contributed by atoms with Gasteiger partial charge in [-0.05, 0) is 18.2 Å². The van der Waals surface area contributed by atoms with Crippen molar-refractivity contribution in [2.75, 3.05) is 33.3 Å². The summed E-state index contributed by atoms with van der Waals surface area (Å²) in [6.07, 6.45) is 0. The maximum absolute atomic E-state index is 12.8. The van der Waals surface area contributed by atoms with E-state index in [2.05, 4.69) is 5.09 Å². The van der Waals surface area contributed by atoms with Crippen molar-refractivity contribution in [3.8, 4) is 5.75 Å². The van der Waals surface area contributed by atoms with E-state index in [0.29, 0.717) is 11.3 Å². The lowest BCUT2D eigenvalue weighted by atomic mass is 10.2. The van der Waals surface area contributed by atoms with Gasteiger partial charge in [0.25, 0.3) is 5.91 Å². The van der Waals surface area contributed by atoms with Gasteiger partial charge in [-0.1, -0.05) is 6.07 Å². The van der Waals surface area contributed by atoms with Crippen LogP contribution in [0.1, 0.15) is 10.4 Å². The topological polar surface area (TPSA) is 61.4 Å². The van der Waals surface area contributed by atoms with E-state index in [1.54, 1.807) is 31.4 Å². The second-order valence-corrected chi connectivity index (χ2v) is 7.07. The Morgan fingerprint density at radius 2 is 1.89 bits per heavy atom. The molecule has 102 valence electrons. The summed E-state index contributed by atoms with van der Waals surface area (Å²) in [6, 6.07) is 6.84. The van der Waals surface area contributed by atoms with E-state index in [-0.39, 0.29) is 5.91 Å². The van der Waals surface area contributed by atoms with Crippen LogP contribution in [0, 0.1) is 0 Å². The number of amides is 1. The highest BCUT2D eigenvalue weighted by Gasteiger charge is 2.49. The Balaban J connectivity index is 1.78. The first-order chi connectivity index (χ1) is 9.13. The number of nitrogens with zero attached hydrogens (tertiary/aromatic N) is 2. The summed E-state index contributed by atoms with van der Waals surface area (Å²) in [5.41, 5.74) is 0.461.